The number of piperidine rings is 1. The molecule has 5 rings (SSSR count). The highest BCUT2D eigenvalue weighted by molar-refractivity contribution is 5.93. The summed E-state index contributed by atoms with van der Waals surface area (Å²) in [6, 6.07) is 3.76. The number of aromatic nitrogens is 1. The number of pyridine rings is 1. The molecule has 0 radical (unpaired) electrons. The number of nitrogens with zero attached hydrogens (tertiary/aromatic N) is 2. The lowest BCUT2D eigenvalue weighted by Gasteiger charge is -2.39. The number of carboxylic acid groups (broad SMARTS) is 1. The number of hydrogen-bond donors (Lipinski definition) is 2. The van der Waals surface area contributed by atoms with Gasteiger partial charge in [-0.1, -0.05) is 0 Å². The van der Waals surface area contributed by atoms with Gasteiger partial charge >= 0.3 is 5.97 Å². The van der Waals surface area contributed by atoms with E-state index >= 15 is 4.39 Å². The van der Waals surface area contributed by atoms with Crippen LogP contribution >= 0.6 is 0 Å². The lowest BCUT2D eigenvalue weighted by atomic mass is 9.97. The van der Waals surface area contributed by atoms with Crippen LogP contribution < -0.4 is 16.1 Å². The molecule has 142 valence electrons. The van der Waals surface area contributed by atoms with E-state index in [1.807, 2.05) is 4.57 Å². The molecule has 1 aliphatic carbocycles. The number of benzene rings is 1. The quantitative estimate of drug-likeness (QED) is 0.866. The summed E-state index contributed by atoms with van der Waals surface area (Å²) in [5.41, 5.74) is 6.35. The average Bonchev–Trinajstić information content (AvgIpc) is 3.41. The summed E-state index contributed by atoms with van der Waals surface area (Å²) in [4.78, 5) is 26.2. The fourth-order valence-corrected chi connectivity index (χ4v) is 4.98. The molecule has 1 unspecified atom stereocenters. The topological polar surface area (TPSA) is 88.6 Å². The maximum atomic E-state index is 15.1. The van der Waals surface area contributed by atoms with Crippen molar-refractivity contribution in [1.29, 1.82) is 0 Å². The van der Waals surface area contributed by atoms with Crippen LogP contribution in [-0.2, 0) is 0 Å². The molecular weight excluding hydrogens is 349 g/mol. The summed E-state index contributed by atoms with van der Waals surface area (Å²) >= 11 is 0. The van der Waals surface area contributed by atoms with Gasteiger partial charge in [0.05, 0.1) is 11.2 Å². The molecule has 1 aromatic heterocycles. The number of rotatable bonds is 3. The maximum absolute atomic E-state index is 15.1. The Kier molecular flexibility index (Phi) is 3.59. The summed E-state index contributed by atoms with van der Waals surface area (Å²) < 4.78 is 16.9. The Labute approximate surface area is 155 Å². The maximum Gasteiger partial charge on any atom is 0.341 e. The minimum atomic E-state index is -1.27. The molecule has 2 bridgehead atoms. The average molecular weight is 371 g/mol. The van der Waals surface area contributed by atoms with Crippen LogP contribution in [-0.4, -0.2) is 33.8 Å². The summed E-state index contributed by atoms with van der Waals surface area (Å²) in [5, 5.41) is 9.50. The number of carbonyl (C=O) groups is 1. The van der Waals surface area contributed by atoms with Crippen LogP contribution in [0.15, 0.2) is 23.1 Å². The number of anilines is 1. The lowest BCUT2D eigenvalue weighted by Crippen LogP contribution is -2.47. The van der Waals surface area contributed by atoms with E-state index in [1.54, 1.807) is 6.07 Å². The molecule has 3 atom stereocenters. The van der Waals surface area contributed by atoms with Gasteiger partial charge in [0.1, 0.15) is 11.4 Å². The van der Waals surface area contributed by atoms with Crippen molar-refractivity contribution in [3.8, 4) is 0 Å². The van der Waals surface area contributed by atoms with Crippen LogP contribution in [0, 0.1) is 5.82 Å². The molecule has 3 aliphatic rings. The zero-order chi connectivity index (χ0) is 18.9. The number of carboxylic acids is 1. The van der Waals surface area contributed by atoms with Crippen molar-refractivity contribution in [2.45, 2.75) is 62.7 Å². The van der Waals surface area contributed by atoms with Crippen LogP contribution in [0.2, 0.25) is 0 Å². The minimum Gasteiger partial charge on any atom is -0.477 e. The predicted molar refractivity (Wildman–Crippen MR) is 99.9 cm³/mol. The molecule has 6 nitrogen and oxygen atoms in total. The van der Waals surface area contributed by atoms with Crippen LogP contribution in [0.25, 0.3) is 10.9 Å². The molecule has 0 spiro atoms. The van der Waals surface area contributed by atoms with Gasteiger partial charge in [-0.25, -0.2) is 9.18 Å². The molecule has 2 saturated heterocycles. The first-order valence-corrected chi connectivity index (χ1v) is 9.59. The molecule has 3 heterocycles. The molecule has 3 N–H and O–H groups in total. The second-order valence-corrected chi connectivity index (χ2v) is 8.16. The van der Waals surface area contributed by atoms with E-state index in [1.165, 1.54) is 12.3 Å². The normalized spacial score (nSPS) is 27.3. The van der Waals surface area contributed by atoms with Gasteiger partial charge in [0.15, 0.2) is 0 Å². The molecule has 1 saturated carbocycles. The first-order valence-electron chi connectivity index (χ1n) is 9.59. The van der Waals surface area contributed by atoms with E-state index in [4.69, 9.17) is 5.73 Å². The molecule has 3 fully saturated rings. The third-order valence-corrected chi connectivity index (χ3v) is 6.32. The van der Waals surface area contributed by atoms with E-state index < -0.39 is 17.2 Å². The van der Waals surface area contributed by atoms with Crippen molar-refractivity contribution < 1.29 is 14.3 Å². The van der Waals surface area contributed by atoms with E-state index in [0.717, 1.165) is 38.5 Å². The van der Waals surface area contributed by atoms with Gasteiger partial charge in [-0.05, 0) is 50.7 Å². The molecule has 0 amide bonds. The number of hydrogen-bond acceptors (Lipinski definition) is 4. The number of fused-ring (bicyclic) bond motifs is 3. The molecular formula is C20H22FN3O3. The second-order valence-electron chi connectivity index (χ2n) is 8.16. The highest BCUT2D eigenvalue weighted by Crippen LogP contribution is 2.42. The van der Waals surface area contributed by atoms with Crippen molar-refractivity contribution in [2.75, 3.05) is 4.90 Å². The van der Waals surface area contributed by atoms with E-state index in [-0.39, 0.29) is 35.1 Å². The zero-order valence-electron chi connectivity index (χ0n) is 14.9. The third-order valence-electron chi connectivity index (χ3n) is 6.32. The molecule has 2 aromatic rings. The van der Waals surface area contributed by atoms with Crippen molar-refractivity contribution in [2.24, 2.45) is 5.73 Å². The van der Waals surface area contributed by atoms with Crippen LogP contribution in [0.1, 0.15) is 54.9 Å². The molecule has 27 heavy (non-hydrogen) atoms. The van der Waals surface area contributed by atoms with Gasteiger partial charge in [-0.3, -0.25) is 4.79 Å². The standard InChI is InChI=1S/C20H22FN3O3/c21-16-7-14-17(23(11-1-2-11)9-15(19(14)25)20(26)27)8-18(16)24-12-3-4-13(24)6-10(22)5-12/h7-13H,1-6,22H2,(H,26,27)/t10?,12-,13+. The summed E-state index contributed by atoms with van der Waals surface area (Å²) in [5.74, 6) is -1.74. The SMILES string of the molecule is NC1C[C@H]2CC[C@@H](C1)N2c1cc2c(cc1F)c(=O)c(C(=O)O)cn2C1CC1. The first kappa shape index (κ1) is 16.7. The van der Waals surface area contributed by atoms with Gasteiger partial charge < -0.3 is 20.3 Å². The van der Waals surface area contributed by atoms with Gasteiger partial charge in [0, 0.05) is 35.8 Å². The summed E-state index contributed by atoms with van der Waals surface area (Å²) in [6.45, 7) is 0. The molecule has 7 heteroatoms. The zero-order valence-corrected chi connectivity index (χ0v) is 14.9. The highest BCUT2D eigenvalue weighted by atomic mass is 19.1. The summed E-state index contributed by atoms with van der Waals surface area (Å²) in [7, 11) is 0. The molecule has 2 aliphatic heterocycles. The Morgan fingerprint density at radius 3 is 2.33 bits per heavy atom. The third kappa shape index (κ3) is 2.56. The highest BCUT2D eigenvalue weighted by Gasteiger charge is 2.41. The van der Waals surface area contributed by atoms with Crippen molar-refractivity contribution in [3.63, 3.8) is 0 Å². The Balaban J connectivity index is 1.71. The largest absolute Gasteiger partial charge is 0.477 e. The van der Waals surface area contributed by atoms with E-state index in [9.17, 15) is 14.7 Å². The number of nitrogens with two attached hydrogens (primary N) is 1. The Hall–Kier alpha value is -2.41. The minimum absolute atomic E-state index is 0.143. The fraction of sp³-hybridized carbons (Fsp3) is 0.500. The Bertz CT molecular complexity index is 1000. The van der Waals surface area contributed by atoms with Gasteiger partial charge in [-0.2, -0.15) is 0 Å². The Morgan fingerprint density at radius 2 is 1.74 bits per heavy atom. The van der Waals surface area contributed by atoms with Gasteiger partial charge in [0.25, 0.3) is 0 Å². The predicted octanol–water partition coefficient (Wildman–Crippen LogP) is 2.63. The monoisotopic (exact) mass is 371 g/mol. The first-order chi connectivity index (χ1) is 12.9. The smallest absolute Gasteiger partial charge is 0.341 e. The van der Waals surface area contributed by atoms with Crippen molar-refractivity contribution >= 4 is 22.6 Å². The Morgan fingerprint density at radius 1 is 1.11 bits per heavy atom. The van der Waals surface area contributed by atoms with Crippen molar-refractivity contribution in [3.05, 3.63) is 39.9 Å². The number of halogens is 1. The number of aromatic carboxylic acids is 1. The lowest BCUT2D eigenvalue weighted by molar-refractivity contribution is 0.0695. The summed E-state index contributed by atoms with van der Waals surface area (Å²) in [6.07, 6.45) is 7.00. The van der Waals surface area contributed by atoms with Crippen molar-refractivity contribution in [1.82, 2.24) is 4.57 Å². The fourth-order valence-electron chi connectivity index (χ4n) is 4.98. The van der Waals surface area contributed by atoms with Crippen LogP contribution in [0.4, 0.5) is 10.1 Å². The van der Waals surface area contributed by atoms with E-state index in [0.29, 0.717) is 11.2 Å². The molecule has 1 aromatic carbocycles. The van der Waals surface area contributed by atoms with Crippen LogP contribution in [0.5, 0.6) is 0 Å². The van der Waals surface area contributed by atoms with Gasteiger partial charge in [-0.15, -0.1) is 0 Å². The van der Waals surface area contributed by atoms with E-state index in [2.05, 4.69) is 4.90 Å². The second kappa shape index (κ2) is 5.79. The van der Waals surface area contributed by atoms with Gasteiger partial charge in [0.2, 0.25) is 5.43 Å². The van der Waals surface area contributed by atoms with Crippen LogP contribution in [0.3, 0.4) is 0 Å².